The minimum absolute atomic E-state index is 0.296. The van der Waals surface area contributed by atoms with Crippen LogP contribution in [0, 0.1) is 0 Å². The van der Waals surface area contributed by atoms with Crippen LogP contribution in [-0.2, 0) is 0 Å². The SMILES string of the molecule is CCCCCCCCOc1ccccc1-c1ccc(C(=O)O)cc1. The van der Waals surface area contributed by atoms with Gasteiger partial charge < -0.3 is 9.84 Å². The molecule has 24 heavy (non-hydrogen) atoms. The second kappa shape index (κ2) is 9.76. The molecular formula is C21H26O3. The lowest BCUT2D eigenvalue weighted by molar-refractivity contribution is 0.0697. The summed E-state index contributed by atoms with van der Waals surface area (Å²) in [5.74, 6) is -0.0525. The van der Waals surface area contributed by atoms with Gasteiger partial charge in [-0.2, -0.15) is 0 Å². The van der Waals surface area contributed by atoms with Crippen LogP contribution in [-0.4, -0.2) is 17.7 Å². The standard InChI is InChI=1S/C21H26O3/c1-2-3-4-5-6-9-16-24-20-11-8-7-10-19(20)17-12-14-18(15-13-17)21(22)23/h7-8,10-15H,2-6,9,16H2,1H3,(H,22,23). The highest BCUT2D eigenvalue weighted by molar-refractivity contribution is 5.88. The fourth-order valence-corrected chi connectivity index (χ4v) is 2.69. The van der Waals surface area contributed by atoms with Crippen LogP contribution < -0.4 is 4.74 Å². The summed E-state index contributed by atoms with van der Waals surface area (Å²) in [5.41, 5.74) is 2.27. The molecule has 2 rings (SSSR count). The number of carboxylic acid groups (broad SMARTS) is 1. The summed E-state index contributed by atoms with van der Waals surface area (Å²) in [6.07, 6.45) is 7.44. The first kappa shape index (κ1) is 18.1. The zero-order valence-electron chi connectivity index (χ0n) is 14.3. The smallest absolute Gasteiger partial charge is 0.335 e. The summed E-state index contributed by atoms with van der Waals surface area (Å²) in [6, 6.07) is 14.8. The first-order chi connectivity index (χ1) is 11.7. The molecule has 0 aliphatic rings. The number of hydrogen-bond acceptors (Lipinski definition) is 2. The Kier molecular flexibility index (Phi) is 7.34. The van der Waals surface area contributed by atoms with Gasteiger partial charge in [0.1, 0.15) is 5.75 Å². The average molecular weight is 326 g/mol. The van der Waals surface area contributed by atoms with Crippen molar-refractivity contribution < 1.29 is 14.6 Å². The molecule has 0 radical (unpaired) electrons. The zero-order chi connectivity index (χ0) is 17.2. The van der Waals surface area contributed by atoms with E-state index in [1.54, 1.807) is 12.1 Å². The lowest BCUT2D eigenvalue weighted by Crippen LogP contribution is -1.99. The van der Waals surface area contributed by atoms with E-state index in [0.29, 0.717) is 5.56 Å². The van der Waals surface area contributed by atoms with Crippen molar-refractivity contribution in [3.05, 3.63) is 54.1 Å². The van der Waals surface area contributed by atoms with E-state index in [0.717, 1.165) is 29.9 Å². The number of carbonyl (C=O) groups is 1. The summed E-state index contributed by atoms with van der Waals surface area (Å²) in [7, 11) is 0. The Labute approximate surface area is 144 Å². The van der Waals surface area contributed by atoms with Gasteiger partial charge in [0.25, 0.3) is 0 Å². The van der Waals surface area contributed by atoms with E-state index >= 15 is 0 Å². The van der Waals surface area contributed by atoms with Crippen LogP contribution in [0.4, 0.5) is 0 Å². The van der Waals surface area contributed by atoms with Gasteiger partial charge >= 0.3 is 5.97 Å². The summed E-state index contributed by atoms with van der Waals surface area (Å²) in [4.78, 5) is 11.0. The first-order valence-electron chi connectivity index (χ1n) is 8.78. The third kappa shape index (κ3) is 5.41. The quantitative estimate of drug-likeness (QED) is 0.562. The molecule has 0 bridgehead atoms. The molecule has 2 aromatic carbocycles. The third-order valence-corrected chi connectivity index (χ3v) is 4.09. The Bertz CT molecular complexity index is 632. The van der Waals surface area contributed by atoms with Crippen LogP contribution in [0.15, 0.2) is 48.5 Å². The van der Waals surface area contributed by atoms with Gasteiger partial charge in [0.05, 0.1) is 12.2 Å². The van der Waals surface area contributed by atoms with Gasteiger partial charge in [-0.05, 0) is 30.2 Å². The van der Waals surface area contributed by atoms with Crippen LogP contribution in [0.2, 0.25) is 0 Å². The van der Waals surface area contributed by atoms with E-state index < -0.39 is 5.97 Å². The van der Waals surface area contributed by atoms with Gasteiger partial charge in [0.2, 0.25) is 0 Å². The Morgan fingerprint density at radius 2 is 1.58 bits per heavy atom. The Morgan fingerprint density at radius 1 is 0.917 bits per heavy atom. The van der Waals surface area contributed by atoms with Gasteiger partial charge in [-0.25, -0.2) is 4.79 Å². The highest BCUT2D eigenvalue weighted by Crippen LogP contribution is 2.30. The molecule has 0 spiro atoms. The lowest BCUT2D eigenvalue weighted by atomic mass is 10.0. The predicted octanol–water partition coefficient (Wildman–Crippen LogP) is 5.79. The number of ether oxygens (including phenoxy) is 1. The molecule has 0 saturated carbocycles. The topological polar surface area (TPSA) is 46.5 Å². The summed E-state index contributed by atoms with van der Waals surface area (Å²) < 4.78 is 5.96. The van der Waals surface area contributed by atoms with Crippen molar-refractivity contribution in [2.45, 2.75) is 45.4 Å². The monoisotopic (exact) mass is 326 g/mol. The van der Waals surface area contributed by atoms with E-state index in [2.05, 4.69) is 6.92 Å². The molecule has 1 N–H and O–H groups in total. The molecule has 0 aliphatic heterocycles. The lowest BCUT2D eigenvalue weighted by Gasteiger charge is -2.12. The van der Waals surface area contributed by atoms with Gasteiger partial charge in [-0.3, -0.25) is 0 Å². The van der Waals surface area contributed by atoms with Gasteiger partial charge in [-0.1, -0.05) is 69.4 Å². The minimum atomic E-state index is -0.908. The number of aromatic carboxylic acids is 1. The first-order valence-corrected chi connectivity index (χ1v) is 8.78. The van der Waals surface area contributed by atoms with Crippen molar-refractivity contribution in [1.82, 2.24) is 0 Å². The van der Waals surface area contributed by atoms with Gasteiger partial charge in [0, 0.05) is 5.56 Å². The normalized spacial score (nSPS) is 10.5. The molecule has 0 atom stereocenters. The van der Waals surface area contributed by atoms with E-state index in [4.69, 9.17) is 9.84 Å². The van der Waals surface area contributed by atoms with Crippen molar-refractivity contribution in [2.75, 3.05) is 6.61 Å². The number of unbranched alkanes of at least 4 members (excludes halogenated alkanes) is 5. The highest BCUT2D eigenvalue weighted by atomic mass is 16.5. The zero-order valence-corrected chi connectivity index (χ0v) is 14.3. The number of para-hydroxylation sites is 1. The van der Waals surface area contributed by atoms with Crippen LogP contribution in [0.5, 0.6) is 5.75 Å². The Balaban J connectivity index is 1.93. The van der Waals surface area contributed by atoms with Crippen molar-refractivity contribution in [3.8, 4) is 16.9 Å². The summed E-state index contributed by atoms with van der Waals surface area (Å²) >= 11 is 0. The average Bonchev–Trinajstić information content (AvgIpc) is 2.61. The number of benzene rings is 2. The van der Waals surface area contributed by atoms with Crippen molar-refractivity contribution in [3.63, 3.8) is 0 Å². The largest absolute Gasteiger partial charge is 0.493 e. The van der Waals surface area contributed by atoms with Crippen molar-refractivity contribution in [1.29, 1.82) is 0 Å². The minimum Gasteiger partial charge on any atom is -0.493 e. The summed E-state index contributed by atoms with van der Waals surface area (Å²) in [6.45, 7) is 2.94. The molecule has 0 unspecified atom stereocenters. The van der Waals surface area contributed by atoms with Crippen molar-refractivity contribution in [2.24, 2.45) is 0 Å². The maximum atomic E-state index is 11.0. The molecule has 0 aromatic heterocycles. The molecule has 0 heterocycles. The maximum Gasteiger partial charge on any atom is 0.335 e. The Morgan fingerprint density at radius 3 is 2.29 bits per heavy atom. The van der Waals surface area contributed by atoms with Crippen LogP contribution in [0.25, 0.3) is 11.1 Å². The molecular weight excluding hydrogens is 300 g/mol. The molecule has 3 nitrogen and oxygen atoms in total. The van der Waals surface area contributed by atoms with E-state index in [-0.39, 0.29) is 0 Å². The number of carboxylic acids is 1. The molecule has 0 amide bonds. The Hall–Kier alpha value is -2.29. The van der Waals surface area contributed by atoms with Crippen molar-refractivity contribution >= 4 is 5.97 Å². The maximum absolute atomic E-state index is 11.0. The van der Waals surface area contributed by atoms with Gasteiger partial charge in [-0.15, -0.1) is 0 Å². The molecule has 0 fully saturated rings. The van der Waals surface area contributed by atoms with E-state index in [1.165, 1.54) is 32.1 Å². The third-order valence-electron chi connectivity index (χ3n) is 4.09. The molecule has 128 valence electrons. The molecule has 0 aliphatic carbocycles. The number of hydrogen-bond donors (Lipinski definition) is 1. The summed E-state index contributed by atoms with van der Waals surface area (Å²) in [5, 5.41) is 9.00. The van der Waals surface area contributed by atoms with Crippen LogP contribution in [0.1, 0.15) is 55.8 Å². The fraction of sp³-hybridized carbons (Fsp3) is 0.381. The van der Waals surface area contributed by atoms with Gasteiger partial charge in [0.15, 0.2) is 0 Å². The van der Waals surface area contributed by atoms with E-state index in [1.807, 2.05) is 36.4 Å². The second-order valence-electron chi connectivity index (χ2n) is 5.99. The van der Waals surface area contributed by atoms with Crippen LogP contribution in [0.3, 0.4) is 0 Å². The number of rotatable bonds is 10. The second-order valence-corrected chi connectivity index (χ2v) is 5.99. The highest BCUT2D eigenvalue weighted by Gasteiger charge is 2.07. The molecule has 3 heteroatoms. The van der Waals surface area contributed by atoms with E-state index in [9.17, 15) is 4.79 Å². The fourth-order valence-electron chi connectivity index (χ4n) is 2.69. The molecule has 2 aromatic rings. The predicted molar refractivity (Wildman–Crippen MR) is 97.7 cm³/mol. The van der Waals surface area contributed by atoms with Crippen LogP contribution >= 0.6 is 0 Å². The molecule has 0 saturated heterocycles.